The maximum Gasteiger partial charge on any atom is 0.356 e. The molecular weight excluding hydrogens is 216 g/mol. The molecule has 1 aromatic carbocycles. The van der Waals surface area contributed by atoms with Crippen LogP contribution in [0.5, 0.6) is 0 Å². The van der Waals surface area contributed by atoms with Crippen molar-refractivity contribution < 1.29 is 9.90 Å². The van der Waals surface area contributed by atoms with Crippen LogP contribution in [0.15, 0.2) is 48.7 Å². The van der Waals surface area contributed by atoms with Crippen LogP contribution in [-0.2, 0) is 6.54 Å². The fraction of sp³-hybridized carbons (Fsp3) is 0.0769. The zero-order valence-electron chi connectivity index (χ0n) is 9.13. The standard InChI is InChI=1S/C13H12N2O2/c16-13(17)12-11(7-4-8-14-12)15-9-10-5-2-1-3-6-10/h1-8,15H,9H2,(H,16,17). The molecule has 0 aliphatic rings. The second-order valence-corrected chi connectivity index (χ2v) is 3.54. The highest BCUT2D eigenvalue weighted by Crippen LogP contribution is 2.13. The molecule has 0 spiro atoms. The van der Waals surface area contributed by atoms with Crippen molar-refractivity contribution in [3.8, 4) is 0 Å². The number of carbonyl (C=O) groups is 1. The summed E-state index contributed by atoms with van der Waals surface area (Å²) in [6.07, 6.45) is 1.47. The molecule has 0 aliphatic carbocycles. The van der Waals surface area contributed by atoms with Crippen LogP contribution >= 0.6 is 0 Å². The summed E-state index contributed by atoms with van der Waals surface area (Å²) in [5.74, 6) is -1.03. The van der Waals surface area contributed by atoms with Gasteiger partial charge in [0.15, 0.2) is 5.69 Å². The van der Waals surface area contributed by atoms with Crippen molar-refractivity contribution >= 4 is 11.7 Å². The van der Waals surface area contributed by atoms with Crippen LogP contribution in [-0.4, -0.2) is 16.1 Å². The summed E-state index contributed by atoms with van der Waals surface area (Å²) in [4.78, 5) is 14.8. The molecule has 1 heterocycles. The van der Waals surface area contributed by atoms with Gasteiger partial charge in [-0.15, -0.1) is 0 Å². The van der Waals surface area contributed by atoms with E-state index in [-0.39, 0.29) is 5.69 Å². The number of carboxylic acids is 1. The fourth-order valence-electron chi connectivity index (χ4n) is 1.51. The topological polar surface area (TPSA) is 62.2 Å². The molecule has 0 radical (unpaired) electrons. The van der Waals surface area contributed by atoms with E-state index < -0.39 is 5.97 Å². The number of carboxylic acid groups (broad SMARTS) is 1. The van der Waals surface area contributed by atoms with Gasteiger partial charge in [-0.05, 0) is 17.7 Å². The van der Waals surface area contributed by atoms with Crippen molar-refractivity contribution in [3.63, 3.8) is 0 Å². The average Bonchev–Trinajstić information content (AvgIpc) is 2.38. The van der Waals surface area contributed by atoms with Gasteiger partial charge in [0, 0.05) is 12.7 Å². The van der Waals surface area contributed by atoms with E-state index in [4.69, 9.17) is 5.11 Å². The van der Waals surface area contributed by atoms with Gasteiger partial charge in [0.25, 0.3) is 0 Å². The molecule has 0 atom stereocenters. The lowest BCUT2D eigenvalue weighted by molar-refractivity contribution is 0.0691. The fourth-order valence-corrected chi connectivity index (χ4v) is 1.51. The molecule has 0 bridgehead atoms. The number of aromatic carboxylic acids is 1. The molecule has 0 unspecified atom stereocenters. The van der Waals surface area contributed by atoms with Crippen molar-refractivity contribution in [1.29, 1.82) is 0 Å². The lowest BCUT2D eigenvalue weighted by atomic mass is 10.2. The number of pyridine rings is 1. The zero-order valence-corrected chi connectivity index (χ0v) is 9.13. The Morgan fingerprint density at radius 1 is 1.18 bits per heavy atom. The largest absolute Gasteiger partial charge is 0.476 e. The van der Waals surface area contributed by atoms with E-state index >= 15 is 0 Å². The Hall–Kier alpha value is -2.36. The number of nitrogens with zero attached hydrogens (tertiary/aromatic N) is 1. The van der Waals surface area contributed by atoms with Crippen molar-refractivity contribution in [2.45, 2.75) is 6.54 Å². The van der Waals surface area contributed by atoms with Crippen molar-refractivity contribution in [3.05, 3.63) is 59.9 Å². The monoisotopic (exact) mass is 228 g/mol. The maximum atomic E-state index is 10.9. The quantitative estimate of drug-likeness (QED) is 0.843. The van der Waals surface area contributed by atoms with Gasteiger partial charge in [-0.25, -0.2) is 9.78 Å². The molecule has 4 nitrogen and oxygen atoms in total. The summed E-state index contributed by atoms with van der Waals surface area (Å²) in [6.45, 7) is 0.576. The van der Waals surface area contributed by atoms with Gasteiger partial charge in [0.2, 0.25) is 0 Å². The van der Waals surface area contributed by atoms with Crippen LogP contribution < -0.4 is 5.32 Å². The minimum absolute atomic E-state index is 0.0448. The molecule has 2 aromatic rings. The summed E-state index contributed by atoms with van der Waals surface area (Å²) in [7, 11) is 0. The number of hydrogen-bond acceptors (Lipinski definition) is 3. The summed E-state index contributed by atoms with van der Waals surface area (Å²) < 4.78 is 0. The lowest BCUT2D eigenvalue weighted by Crippen LogP contribution is -2.08. The molecule has 2 N–H and O–H groups in total. The number of aromatic nitrogens is 1. The molecule has 0 saturated carbocycles. The molecule has 2 rings (SSSR count). The maximum absolute atomic E-state index is 10.9. The van der Waals surface area contributed by atoms with Crippen LogP contribution in [0.25, 0.3) is 0 Å². The first-order valence-corrected chi connectivity index (χ1v) is 5.23. The smallest absolute Gasteiger partial charge is 0.356 e. The number of rotatable bonds is 4. The molecule has 1 aromatic heterocycles. The third kappa shape index (κ3) is 2.81. The molecule has 0 amide bonds. The first-order chi connectivity index (χ1) is 8.27. The van der Waals surface area contributed by atoms with Crippen molar-refractivity contribution in [1.82, 2.24) is 4.98 Å². The SMILES string of the molecule is O=C(O)c1ncccc1NCc1ccccc1. The Balaban J connectivity index is 2.12. The Morgan fingerprint density at radius 2 is 1.94 bits per heavy atom. The first-order valence-electron chi connectivity index (χ1n) is 5.23. The van der Waals surface area contributed by atoms with Gasteiger partial charge < -0.3 is 10.4 Å². The average molecular weight is 228 g/mol. The highest BCUT2D eigenvalue weighted by Gasteiger charge is 2.09. The predicted octanol–water partition coefficient (Wildman–Crippen LogP) is 2.39. The third-order valence-corrected chi connectivity index (χ3v) is 2.34. The normalized spacial score (nSPS) is 9.88. The van der Waals surface area contributed by atoms with Crippen LogP contribution in [0.4, 0.5) is 5.69 Å². The van der Waals surface area contributed by atoms with E-state index in [9.17, 15) is 4.79 Å². The number of nitrogens with one attached hydrogen (secondary N) is 1. The Kier molecular flexibility index (Phi) is 3.35. The first kappa shape index (κ1) is 11.1. The van der Waals surface area contributed by atoms with Gasteiger partial charge in [-0.1, -0.05) is 30.3 Å². The Labute approximate surface area is 98.9 Å². The highest BCUT2D eigenvalue weighted by atomic mass is 16.4. The molecule has 4 heteroatoms. The molecular formula is C13H12N2O2. The summed E-state index contributed by atoms with van der Waals surface area (Å²) in [6, 6.07) is 13.2. The number of benzene rings is 1. The Bertz CT molecular complexity index is 512. The highest BCUT2D eigenvalue weighted by molar-refractivity contribution is 5.91. The van der Waals surface area contributed by atoms with Crippen LogP contribution in [0.3, 0.4) is 0 Å². The molecule has 86 valence electrons. The van der Waals surface area contributed by atoms with E-state index in [2.05, 4.69) is 10.3 Å². The van der Waals surface area contributed by atoms with E-state index in [1.807, 2.05) is 30.3 Å². The van der Waals surface area contributed by atoms with E-state index in [1.165, 1.54) is 6.20 Å². The van der Waals surface area contributed by atoms with Crippen molar-refractivity contribution in [2.24, 2.45) is 0 Å². The minimum atomic E-state index is -1.03. The third-order valence-electron chi connectivity index (χ3n) is 2.34. The number of anilines is 1. The predicted molar refractivity (Wildman–Crippen MR) is 65.0 cm³/mol. The molecule has 0 aliphatic heterocycles. The zero-order chi connectivity index (χ0) is 12.1. The minimum Gasteiger partial charge on any atom is -0.476 e. The molecule has 0 fully saturated rings. The van der Waals surface area contributed by atoms with E-state index in [1.54, 1.807) is 12.1 Å². The summed E-state index contributed by atoms with van der Waals surface area (Å²) >= 11 is 0. The second kappa shape index (κ2) is 5.12. The van der Waals surface area contributed by atoms with Gasteiger partial charge in [0.1, 0.15) is 0 Å². The molecule has 17 heavy (non-hydrogen) atoms. The van der Waals surface area contributed by atoms with Gasteiger partial charge in [-0.3, -0.25) is 0 Å². The van der Waals surface area contributed by atoms with Gasteiger partial charge in [0.05, 0.1) is 5.69 Å². The Morgan fingerprint density at radius 3 is 2.65 bits per heavy atom. The lowest BCUT2D eigenvalue weighted by Gasteiger charge is -2.08. The summed E-state index contributed by atoms with van der Waals surface area (Å²) in [5.41, 5.74) is 1.67. The van der Waals surface area contributed by atoms with Crippen LogP contribution in [0.1, 0.15) is 16.1 Å². The number of hydrogen-bond donors (Lipinski definition) is 2. The summed E-state index contributed by atoms with van der Waals surface area (Å²) in [5, 5.41) is 12.0. The van der Waals surface area contributed by atoms with Crippen LogP contribution in [0.2, 0.25) is 0 Å². The van der Waals surface area contributed by atoms with Crippen molar-refractivity contribution in [2.75, 3.05) is 5.32 Å². The second-order valence-electron chi connectivity index (χ2n) is 3.54. The van der Waals surface area contributed by atoms with E-state index in [0.29, 0.717) is 12.2 Å². The van der Waals surface area contributed by atoms with Gasteiger partial charge >= 0.3 is 5.97 Å². The van der Waals surface area contributed by atoms with E-state index in [0.717, 1.165) is 5.56 Å². The van der Waals surface area contributed by atoms with Crippen LogP contribution in [0, 0.1) is 0 Å². The van der Waals surface area contributed by atoms with Gasteiger partial charge in [-0.2, -0.15) is 0 Å². The molecule has 0 saturated heterocycles.